The summed E-state index contributed by atoms with van der Waals surface area (Å²) in [6.45, 7) is 2.24. The van der Waals surface area contributed by atoms with Gasteiger partial charge in [-0.05, 0) is 37.0 Å². The zero-order chi connectivity index (χ0) is 19.5. The number of rotatable bonds is 5. The smallest absolute Gasteiger partial charge is 0.226 e. The Bertz CT molecular complexity index is 912. The van der Waals surface area contributed by atoms with Crippen LogP contribution < -0.4 is 19.7 Å². The first-order valence-electron chi connectivity index (χ1n) is 9.49. The Hall–Kier alpha value is -2.72. The lowest BCUT2D eigenvalue weighted by Crippen LogP contribution is -2.29. The van der Waals surface area contributed by atoms with Crippen molar-refractivity contribution >= 4 is 28.2 Å². The number of amides is 1. The van der Waals surface area contributed by atoms with E-state index in [0.29, 0.717) is 23.7 Å². The maximum atomic E-state index is 12.3. The zero-order valence-electron chi connectivity index (χ0n) is 15.9. The normalized spacial score (nSPS) is 18.8. The van der Waals surface area contributed by atoms with Crippen LogP contribution >= 0.6 is 11.3 Å². The van der Waals surface area contributed by atoms with Crippen LogP contribution in [0, 0.1) is 12.3 Å². The topological polar surface area (TPSA) is 63.7 Å². The second-order valence-corrected chi connectivity index (χ2v) is 7.97. The molecule has 1 amide bonds. The average Bonchev–Trinajstić information content (AvgIpc) is 3.16. The number of nitrogens with one attached hydrogen (secondary N) is 1. The quantitative estimate of drug-likeness (QED) is 0.781. The van der Waals surface area contributed by atoms with Crippen molar-refractivity contribution in [2.75, 3.05) is 37.0 Å². The lowest BCUT2D eigenvalue weighted by molar-refractivity contribution is -0.116. The van der Waals surface area contributed by atoms with Gasteiger partial charge in [-0.2, -0.15) is 0 Å². The van der Waals surface area contributed by atoms with Crippen molar-refractivity contribution in [1.29, 1.82) is 0 Å². The molecule has 3 heterocycles. The highest BCUT2D eigenvalue weighted by molar-refractivity contribution is 7.16. The third-order valence-corrected chi connectivity index (χ3v) is 6.36. The van der Waals surface area contributed by atoms with E-state index < -0.39 is 0 Å². The molecule has 1 aromatic heterocycles. The molecule has 2 aromatic rings. The minimum atomic E-state index is -0.0459. The number of aromatic nitrogens is 1. The minimum absolute atomic E-state index is 0.0142. The standard InChI is InChI=1S/C21H23N3O3S/c1-3-11-27-16-8-7-14(12-17(16)26-2)15-13-18(25)22-20-19(15)28-21(23-20)24-9-5-4-6-10-24/h1,7-8,12,15H,4-6,9-11,13H2,2H3,(H,22,25)/t15-/m0/s1. The number of anilines is 2. The summed E-state index contributed by atoms with van der Waals surface area (Å²) < 4.78 is 11.0. The number of ether oxygens (including phenoxy) is 2. The Balaban J connectivity index is 1.66. The zero-order valence-corrected chi connectivity index (χ0v) is 16.7. The first kappa shape index (κ1) is 18.6. The van der Waals surface area contributed by atoms with Gasteiger partial charge in [0.05, 0.1) is 12.0 Å². The van der Waals surface area contributed by atoms with E-state index in [1.54, 1.807) is 18.4 Å². The number of hydrogen-bond acceptors (Lipinski definition) is 6. The van der Waals surface area contributed by atoms with Crippen LogP contribution in [0.25, 0.3) is 0 Å². The summed E-state index contributed by atoms with van der Waals surface area (Å²) in [5.41, 5.74) is 1.01. The van der Waals surface area contributed by atoms with Gasteiger partial charge in [-0.15, -0.1) is 6.42 Å². The summed E-state index contributed by atoms with van der Waals surface area (Å²) in [6, 6.07) is 5.76. The van der Waals surface area contributed by atoms with Gasteiger partial charge in [0.1, 0.15) is 12.4 Å². The van der Waals surface area contributed by atoms with Crippen LogP contribution in [0.1, 0.15) is 42.0 Å². The van der Waals surface area contributed by atoms with Crippen LogP contribution in [0.15, 0.2) is 18.2 Å². The number of nitrogens with zero attached hydrogens (tertiary/aromatic N) is 2. The molecule has 1 saturated heterocycles. The van der Waals surface area contributed by atoms with Gasteiger partial charge in [-0.25, -0.2) is 4.98 Å². The SMILES string of the molecule is C#CCOc1ccc([C@@H]2CC(=O)Nc3nc(N4CCCCC4)sc32)cc1OC. The lowest BCUT2D eigenvalue weighted by Gasteiger charge is -2.25. The van der Waals surface area contributed by atoms with Crippen molar-refractivity contribution in [3.05, 3.63) is 28.6 Å². The van der Waals surface area contributed by atoms with Gasteiger partial charge in [0, 0.05) is 25.4 Å². The monoisotopic (exact) mass is 397 g/mol. The predicted molar refractivity (Wildman–Crippen MR) is 111 cm³/mol. The van der Waals surface area contributed by atoms with Crippen LogP contribution in [0.2, 0.25) is 0 Å². The van der Waals surface area contributed by atoms with Crippen molar-refractivity contribution in [3.8, 4) is 23.8 Å². The van der Waals surface area contributed by atoms with Crippen molar-refractivity contribution in [2.24, 2.45) is 0 Å². The molecule has 28 heavy (non-hydrogen) atoms. The van der Waals surface area contributed by atoms with Crippen molar-refractivity contribution in [1.82, 2.24) is 4.98 Å². The van der Waals surface area contributed by atoms with E-state index in [2.05, 4.69) is 16.1 Å². The summed E-state index contributed by atoms with van der Waals surface area (Å²) in [4.78, 5) is 20.5. The average molecular weight is 398 g/mol. The van der Waals surface area contributed by atoms with Gasteiger partial charge < -0.3 is 19.7 Å². The number of thiazole rings is 1. The fourth-order valence-electron chi connectivity index (χ4n) is 3.74. The summed E-state index contributed by atoms with van der Waals surface area (Å²) in [7, 11) is 1.60. The maximum absolute atomic E-state index is 12.3. The molecule has 1 N–H and O–H groups in total. The van der Waals surface area contributed by atoms with Gasteiger partial charge >= 0.3 is 0 Å². The van der Waals surface area contributed by atoms with E-state index in [4.69, 9.17) is 20.9 Å². The first-order chi connectivity index (χ1) is 13.7. The van der Waals surface area contributed by atoms with E-state index in [1.807, 2.05) is 18.2 Å². The van der Waals surface area contributed by atoms with E-state index >= 15 is 0 Å². The predicted octanol–water partition coefficient (Wildman–Crippen LogP) is 3.63. The second kappa shape index (κ2) is 8.11. The number of carbonyl (C=O) groups excluding carboxylic acids is 1. The fourth-order valence-corrected chi connectivity index (χ4v) is 4.94. The van der Waals surface area contributed by atoms with Gasteiger partial charge in [0.15, 0.2) is 16.6 Å². The molecular weight excluding hydrogens is 374 g/mol. The Kier molecular flexibility index (Phi) is 5.40. The van der Waals surface area contributed by atoms with Crippen molar-refractivity contribution in [2.45, 2.75) is 31.6 Å². The highest BCUT2D eigenvalue weighted by atomic mass is 32.1. The van der Waals surface area contributed by atoms with Crippen LogP contribution in [-0.4, -0.2) is 37.7 Å². The summed E-state index contributed by atoms with van der Waals surface area (Å²) in [5.74, 6) is 4.30. The van der Waals surface area contributed by atoms with E-state index in [0.717, 1.165) is 28.7 Å². The Morgan fingerprint density at radius 2 is 2.14 bits per heavy atom. The maximum Gasteiger partial charge on any atom is 0.226 e. The van der Waals surface area contributed by atoms with Gasteiger partial charge in [-0.1, -0.05) is 23.3 Å². The highest BCUT2D eigenvalue weighted by Crippen LogP contribution is 2.45. The van der Waals surface area contributed by atoms with Crippen LogP contribution in [0.3, 0.4) is 0 Å². The number of carbonyl (C=O) groups is 1. The van der Waals surface area contributed by atoms with E-state index in [-0.39, 0.29) is 18.4 Å². The number of piperidine rings is 1. The molecule has 1 aromatic carbocycles. The summed E-state index contributed by atoms with van der Waals surface area (Å²) in [6.07, 6.45) is 9.32. The molecule has 0 radical (unpaired) electrons. The third-order valence-electron chi connectivity index (χ3n) is 5.13. The third kappa shape index (κ3) is 3.65. The van der Waals surface area contributed by atoms with Crippen LogP contribution in [0.4, 0.5) is 10.9 Å². The highest BCUT2D eigenvalue weighted by Gasteiger charge is 2.32. The molecule has 0 aliphatic carbocycles. The minimum Gasteiger partial charge on any atom is -0.493 e. The van der Waals surface area contributed by atoms with Crippen molar-refractivity contribution < 1.29 is 14.3 Å². The molecule has 7 heteroatoms. The molecule has 0 unspecified atom stereocenters. The molecule has 1 atom stereocenters. The molecule has 0 bridgehead atoms. The number of benzene rings is 1. The molecule has 0 saturated carbocycles. The number of fused-ring (bicyclic) bond motifs is 1. The first-order valence-corrected chi connectivity index (χ1v) is 10.3. The van der Waals surface area contributed by atoms with E-state index in [1.165, 1.54) is 19.3 Å². The molecule has 1 fully saturated rings. The van der Waals surface area contributed by atoms with Crippen LogP contribution in [0.5, 0.6) is 11.5 Å². The van der Waals surface area contributed by atoms with Gasteiger partial charge in [0.25, 0.3) is 0 Å². The Morgan fingerprint density at radius 1 is 1.32 bits per heavy atom. The lowest BCUT2D eigenvalue weighted by atomic mass is 9.91. The molecule has 0 spiro atoms. The Morgan fingerprint density at radius 3 is 2.89 bits per heavy atom. The van der Waals surface area contributed by atoms with Gasteiger partial charge in [0.2, 0.25) is 5.91 Å². The number of methoxy groups -OCH3 is 1. The molecule has 146 valence electrons. The second-order valence-electron chi connectivity index (χ2n) is 6.96. The van der Waals surface area contributed by atoms with Gasteiger partial charge in [-0.3, -0.25) is 4.79 Å². The number of hydrogen-bond donors (Lipinski definition) is 1. The largest absolute Gasteiger partial charge is 0.493 e. The molecule has 4 rings (SSSR count). The molecule has 2 aliphatic rings. The molecule has 2 aliphatic heterocycles. The van der Waals surface area contributed by atoms with Crippen LogP contribution in [-0.2, 0) is 4.79 Å². The molecule has 6 nitrogen and oxygen atoms in total. The summed E-state index contributed by atoms with van der Waals surface area (Å²) in [5, 5.41) is 3.94. The Labute approximate surface area is 168 Å². The summed E-state index contributed by atoms with van der Waals surface area (Å²) >= 11 is 1.68. The fraction of sp³-hybridized carbons (Fsp3) is 0.429. The van der Waals surface area contributed by atoms with Crippen molar-refractivity contribution in [3.63, 3.8) is 0 Å². The number of terminal acetylenes is 1. The molecular formula is C21H23N3O3S. The van der Waals surface area contributed by atoms with E-state index in [9.17, 15) is 4.79 Å².